The van der Waals surface area contributed by atoms with E-state index in [1.54, 1.807) is 5.38 Å². The third-order valence-corrected chi connectivity index (χ3v) is 3.96. The summed E-state index contributed by atoms with van der Waals surface area (Å²) in [6, 6.07) is -0.257. The van der Waals surface area contributed by atoms with Crippen LogP contribution in [0.5, 0.6) is 0 Å². The summed E-state index contributed by atoms with van der Waals surface area (Å²) < 4.78 is 0. The predicted octanol–water partition coefficient (Wildman–Crippen LogP) is 1.69. The van der Waals surface area contributed by atoms with E-state index in [-0.39, 0.29) is 30.0 Å². The van der Waals surface area contributed by atoms with Crippen molar-refractivity contribution < 1.29 is 9.90 Å². The van der Waals surface area contributed by atoms with Crippen molar-refractivity contribution in [3.8, 4) is 0 Å². The summed E-state index contributed by atoms with van der Waals surface area (Å²) in [5.74, 6) is -0.212. The zero-order valence-corrected chi connectivity index (χ0v) is 12.8. The topological polar surface area (TPSA) is 88.2 Å². The van der Waals surface area contributed by atoms with E-state index in [0.717, 1.165) is 5.01 Å². The number of nitrogens with two attached hydrogens (primary N) is 1. The second-order valence-electron chi connectivity index (χ2n) is 5.76. The molecule has 4 N–H and O–H groups in total. The Hall–Kier alpha value is -0.980. The zero-order chi connectivity index (χ0) is 14.6. The Morgan fingerprint density at radius 1 is 1.58 bits per heavy atom. The van der Waals surface area contributed by atoms with Gasteiger partial charge in [0.1, 0.15) is 10.7 Å². The maximum Gasteiger partial charge on any atom is 0.270 e. The van der Waals surface area contributed by atoms with Crippen LogP contribution in [0.2, 0.25) is 0 Å². The minimum atomic E-state index is -0.212. The maximum atomic E-state index is 12.1. The Morgan fingerprint density at radius 3 is 2.63 bits per heavy atom. The Balaban J connectivity index is 2.76. The number of carbonyl (C=O) groups excluding carboxylic acids is 1. The molecule has 0 bridgehead atoms. The molecule has 1 aromatic rings. The Bertz CT molecular complexity index is 424. The third-order valence-electron chi connectivity index (χ3n) is 2.91. The lowest BCUT2D eigenvalue weighted by atomic mass is 9.85. The van der Waals surface area contributed by atoms with Gasteiger partial charge in [-0.25, -0.2) is 4.98 Å². The molecule has 5 nitrogen and oxygen atoms in total. The van der Waals surface area contributed by atoms with Crippen LogP contribution >= 0.6 is 11.3 Å². The van der Waals surface area contributed by atoms with Crippen molar-refractivity contribution in [2.45, 2.75) is 46.2 Å². The first-order valence-electron chi connectivity index (χ1n) is 6.38. The van der Waals surface area contributed by atoms with Crippen LogP contribution in [0, 0.1) is 5.41 Å². The molecule has 1 heterocycles. The number of amides is 1. The first-order chi connectivity index (χ1) is 8.75. The van der Waals surface area contributed by atoms with Gasteiger partial charge in [-0.3, -0.25) is 4.79 Å². The first kappa shape index (κ1) is 16.1. The van der Waals surface area contributed by atoms with Crippen LogP contribution in [0.15, 0.2) is 5.38 Å². The molecule has 0 aliphatic heterocycles. The predicted molar refractivity (Wildman–Crippen MR) is 77.1 cm³/mol. The number of nitrogens with one attached hydrogen (secondary N) is 1. The highest BCUT2D eigenvalue weighted by Gasteiger charge is 2.26. The number of rotatable bonds is 5. The zero-order valence-electron chi connectivity index (χ0n) is 11.9. The fourth-order valence-corrected chi connectivity index (χ4v) is 2.44. The van der Waals surface area contributed by atoms with E-state index in [2.05, 4.69) is 10.3 Å². The van der Waals surface area contributed by atoms with Gasteiger partial charge in [-0.05, 0) is 18.8 Å². The number of thiazole rings is 1. The van der Waals surface area contributed by atoms with Crippen LogP contribution in [0.1, 0.15) is 55.7 Å². The highest BCUT2D eigenvalue weighted by molar-refractivity contribution is 7.09. The van der Waals surface area contributed by atoms with E-state index in [9.17, 15) is 4.79 Å². The fraction of sp³-hybridized carbons (Fsp3) is 0.692. The summed E-state index contributed by atoms with van der Waals surface area (Å²) in [7, 11) is 0. The normalized spacial score (nSPS) is 15.1. The van der Waals surface area contributed by atoms with Crippen LogP contribution in [-0.4, -0.2) is 28.6 Å². The molecule has 2 unspecified atom stereocenters. The number of aliphatic hydroxyl groups excluding tert-OH is 1. The molecule has 0 radical (unpaired) electrons. The third kappa shape index (κ3) is 4.56. The molecule has 0 saturated heterocycles. The van der Waals surface area contributed by atoms with E-state index < -0.39 is 0 Å². The lowest BCUT2D eigenvalue weighted by molar-refractivity contribution is 0.0880. The van der Waals surface area contributed by atoms with Crippen LogP contribution in [0.25, 0.3) is 0 Å². The molecule has 0 aromatic carbocycles. The van der Waals surface area contributed by atoms with E-state index in [0.29, 0.717) is 12.1 Å². The molecule has 0 saturated carbocycles. The van der Waals surface area contributed by atoms with Crippen LogP contribution in [0.4, 0.5) is 0 Å². The van der Waals surface area contributed by atoms with E-state index in [1.807, 2.05) is 27.7 Å². The van der Waals surface area contributed by atoms with Crippen LogP contribution < -0.4 is 11.1 Å². The maximum absolute atomic E-state index is 12.1. The summed E-state index contributed by atoms with van der Waals surface area (Å²) in [4.78, 5) is 16.3. The average molecular weight is 285 g/mol. The van der Waals surface area contributed by atoms with Gasteiger partial charge >= 0.3 is 0 Å². The quantitative estimate of drug-likeness (QED) is 0.768. The summed E-state index contributed by atoms with van der Waals surface area (Å²) in [5, 5.41) is 14.5. The highest BCUT2D eigenvalue weighted by Crippen LogP contribution is 2.22. The molecule has 1 aromatic heterocycles. The average Bonchev–Trinajstić information content (AvgIpc) is 2.76. The van der Waals surface area contributed by atoms with E-state index in [1.165, 1.54) is 11.3 Å². The monoisotopic (exact) mass is 285 g/mol. The SMILES string of the molecule is CC(N)c1nc(C(=O)NC(CCO)C(C)(C)C)cs1. The standard InChI is InChI=1S/C13H23N3O2S/c1-8(14)12-15-9(7-19-12)11(18)16-10(5-6-17)13(2,3)4/h7-8,10,17H,5-6,14H2,1-4H3,(H,16,18). The van der Waals surface area contributed by atoms with Crippen molar-refractivity contribution in [1.29, 1.82) is 0 Å². The summed E-state index contributed by atoms with van der Waals surface area (Å²) in [6.07, 6.45) is 0.527. The van der Waals surface area contributed by atoms with E-state index in [4.69, 9.17) is 10.8 Å². The first-order valence-corrected chi connectivity index (χ1v) is 7.26. The van der Waals surface area contributed by atoms with Crippen molar-refractivity contribution in [3.05, 3.63) is 16.1 Å². The van der Waals surface area contributed by atoms with Crippen molar-refractivity contribution in [1.82, 2.24) is 10.3 Å². The molecule has 1 rings (SSSR count). The Labute approximate surface area is 118 Å². The fourth-order valence-electron chi connectivity index (χ4n) is 1.68. The number of nitrogens with zero attached hydrogens (tertiary/aromatic N) is 1. The molecule has 19 heavy (non-hydrogen) atoms. The summed E-state index contributed by atoms with van der Waals surface area (Å²) in [5.41, 5.74) is 6.01. The summed E-state index contributed by atoms with van der Waals surface area (Å²) in [6.45, 7) is 7.97. The number of aliphatic hydroxyl groups is 1. The van der Waals surface area contributed by atoms with Gasteiger partial charge in [0.25, 0.3) is 5.91 Å². The van der Waals surface area contributed by atoms with Gasteiger partial charge in [-0.2, -0.15) is 0 Å². The molecule has 6 heteroatoms. The van der Waals surface area contributed by atoms with Gasteiger partial charge in [0.2, 0.25) is 0 Å². The molecule has 108 valence electrons. The highest BCUT2D eigenvalue weighted by atomic mass is 32.1. The molecule has 1 amide bonds. The van der Waals surface area contributed by atoms with Crippen molar-refractivity contribution in [2.75, 3.05) is 6.61 Å². The second kappa shape index (κ2) is 6.45. The van der Waals surface area contributed by atoms with Crippen LogP contribution in [-0.2, 0) is 0 Å². The molecule has 0 spiro atoms. The largest absolute Gasteiger partial charge is 0.396 e. The van der Waals surface area contributed by atoms with Gasteiger partial charge in [-0.15, -0.1) is 11.3 Å². The molecule has 2 atom stereocenters. The molecule has 0 aliphatic carbocycles. The number of hydrogen-bond donors (Lipinski definition) is 3. The number of aromatic nitrogens is 1. The van der Waals surface area contributed by atoms with Gasteiger partial charge in [0, 0.05) is 18.0 Å². The minimum absolute atomic E-state index is 0.0460. The Kier molecular flexibility index (Phi) is 5.46. The molecular weight excluding hydrogens is 262 g/mol. The van der Waals surface area contributed by atoms with Crippen molar-refractivity contribution in [2.24, 2.45) is 11.1 Å². The van der Waals surface area contributed by atoms with Gasteiger partial charge in [-0.1, -0.05) is 20.8 Å². The minimum Gasteiger partial charge on any atom is -0.396 e. The Morgan fingerprint density at radius 2 is 2.21 bits per heavy atom. The smallest absolute Gasteiger partial charge is 0.270 e. The van der Waals surface area contributed by atoms with Crippen LogP contribution in [0.3, 0.4) is 0 Å². The number of carbonyl (C=O) groups is 1. The van der Waals surface area contributed by atoms with Crippen molar-refractivity contribution >= 4 is 17.2 Å². The second-order valence-corrected chi connectivity index (χ2v) is 6.65. The van der Waals surface area contributed by atoms with Crippen molar-refractivity contribution in [3.63, 3.8) is 0 Å². The lowest BCUT2D eigenvalue weighted by Gasteiger charge is -2.30. The van der Waals surface area contributed by atoms with Gasteiger partial charge in [0.05, 0.1) is 6.04 Å². The molecule has 0 aliphatic rings. The lowest BCUT2D eigenvalue weighted by Crippen LogP contribution is -2.44. The van der Waals surface area contributed by atoms with E-state index >= 15 is 0 Å². The summed E-state index contributed by atoms with van der Waals surface area (Å²) >= 11 is 1.39. The molecule has 0 fully saturated rings. The molecular formula is C13H23N3O2S. The number of hydrogen-bond acceptors (Lipinski definition) is 5. The van der Waals surface area contributed by atoms with Gasteiger partial charge in [0.15, 0.2) is 0 Å². The van der Waals surface area contributed by atoms with Gasteiger partial charge < -0.3 is 16.2 Å².